The van der Waals surface area contributed by atoms with E-state index in [4.69, 9.17) is 15.2 Å². The number of nitrogens with two attached hydrogens (primary N) is 1. The molecule has 1 aliphatic rings. The Balaban J connectivity index is 2.11. The minimum atomic E-state index is 0.231. The standard InChI is InChI=1S/C17H28N2O2/c1-20-10-8-19(9-11-21-2)17(13-18)16-5-3-4-15(12-16)14-6-7-14/h3-5,12,14,17H,6-11,13,18H2,1-2H3. The zero-order valence-corrected chi connectivity index (χ0v) is 13.3. The van der Waals surface area contributed by atoms with Crippen molar-refractivity contribution >= 4 is 0 Å². The van der Waals surface area contributed by atoms with Gasteiger partial charge in [-0.15, -0.1) is 0 Å². The highest BCUT2D eigenvalue weighted by Crippen LogP contribution is 2.40. The molecule has 0 aromatic heterocycles. The van der Waals surface area contributed by atoms with Gasteiger partial charge in [0.05, 0.1) is 13.2 Å². The summed E-state index contributed by atoms with van der Waals surface area (Å²) in [4.78, 5) is 2.36. The first-order valence-corrected chi connectivity index (χ1v) is 7.82. The summed E-state index contributed by atoms with van der Waals surface area (Å²) in [6.07, 6.45) is 2.65. The molecule has 1 fully saturated rings. The van der Waals surface area contributed by atoms with Crippen molar-refractivity contribution in [1.29, 1.82) is 0 Å². The Kier molecular flexibility index (Phi) is 6.64. The van der Waals surface area contributed by atoms with Crippen LogP contribution < -0.4 is 5.73 Å². The minimum absolute atomic E-state index is 0.231. The molecule has 21 heavy (non-hydrogen) atoms. The van der Waals surface area contributed by atoms with Crippen molar-refractivity contribution in [2.24, 2.45) is 5.73 Å². The molecule has 4 nitrogen and oxygen atoms in total. The van der Waals surface area contributed by atoms with Crippen molar-refractivity contribution in [2.75, 3.05) is 47.1 Å². The van der Waals surface area contributed by atoms with Gasteiger partial charge in [0, 0.05) is 39.9 Å². The Hall–Kier alpha value is -0.940. The van der Waals surface area contributed by atoms with Gasteiger partial charge in [-0.2, -0.15) is 0 Å². The second-order valence-corrected chi connectivity index (χ2v) is 5.72. The Labute approximate surface area is 128 Å². The third kappa shape index (κ3) is 4.78. The monoisotopic (exact) mass is 292 g/mol. The highest BCUT2D eigenvalue weighted by Gasteiger charge is 2.25. The first-order valence-electron chi connectivity index (χ1n) is 7.82. The zero-order chi connectivity index (χ0) is 15.1. The Bertz CT molecular complexity index is 413. The highest BCUT2D eigenvalue weighted by molar-refractivity contribution is 5.31. The van der Waals surface area contributed by atoms with E-state index in [0.29, 0.717) is 19.8 Å². The Morgan fingerprint density at radius 3 is 2.38 bits per heavy atom. The van der Waals surface area contributed by atoms with Crippen LogP contribution in [0.15, 0.2) is 24.3 Å². The van der Waals surface area contributed by atoms with E-state index in [0.717, 1.165) is 19.0 Å². The molecule has 1 saturated carbocycles. The lowest BCUT2D eigenvalue weighted by atomic mass is 10.0. The van der Waals surface area contributed by atoms with Crippen LogP contribution in [-0.4, -0.2) is 52.0 Å². The van der Waals surface area contributed by atoms with Crippen molar-refractivity contribution in [2.45, 2.75) is 24.8 Å². The van der Waals surface area contributed by atoms with Gasteiger partial charge in [-0.05, 0) is 29.9 Å². The fourth-order valence-corrected chi connectivity index (χ4v) is 2.77. The molecular weight excluding hydrogens is 264 g/mol. The Morgan fingerprint density at radius 1 is 1.19 bits per heavy atom. The average Bonchev–Trinajstić information content (AvgIpc) is 3.35. The number of hydrogen-bond donors (Lipinski definition) is 1. The maximum atomic E-state index is 6.07. The minimum Gasteiger partial charge on any atom is -0.383 e. The topological polar surface area (TPSA) is 47.7 Å². The maximum Gasteiger partial charge on any atom is 0.0589 e. The highest BCUT2D eigenvalue weighted by atomic mass is 16.5. The van der Waals surface area contributed by atoms with Crippen LogP contribution in [0, 0.1) is 0 Å². The van der Waals surface area contributed by atoms with E-state index in [1.54, 1.807) is 14.2 Å². The van der Waals surface area contributed by atoms with Crippen LogP contribution in [0.5, 0.6) is 0 Å². The summed E-state index contributed by atoms with van der Waals surface area (Å²) in [6, 6.07) is 9.16. The van der Waals surface area contributed by atoms with Crippen LogP contribution in [0.25, 0.3) is 0 Å². The molecule has 1 atom stereocenters. The van der Waals surface area contributed by atoms with Crippen LogP contribution >= 0.6 is 0 Å². The van der Waals surface area contributed by atoms with Gasteiger partial charge in [-0.25, -0.2) is 0 Å². The lowest BCUT2D eigenvalue weighted by Crippen LogP contribution is -2.38. The predicted molar refractivity (Wildman–Crippen MR) is 85.5 cm³/mol. The molecule has 4 heteroatoms. The summed E-state index contributed by atoms with van der Waals surface area (Å²) in [7, 11) is 3.47. The number of ether oxygens (including phenoxy) is 2. The van der Waals surface area contributed by atoms with E-state index >= 15 is 0 Å². The van der Waals surface area contributed by atoms with E-state index in [1.165, 1.54) is 24.0 Å². The SMILES string of the molecule is COCCN(CCOC)C(CN)c1cccc(C2CC2)c1. The Morgan fingerprint density at radius 2 is 1.86 bits per heavy atom. The summed E-state index contributed by atoms with van der Waals surface area (Å²) in [5.74, 6) is 0.773. The maximum absolute atomic E-state index is 6.07. The van der Waals surface area contributed by atoms with Gasteiger partial charge >= 0.3 is 0 Å². The first-order chi connectivity index (χ1) is 10.3. The average molecular weight is 292 g/mol. The number of benzene rings is 1. The largest absolute Gasteiger partial charge is 0.383 e. The lowest BCUT2D eigenvalue weighted by Gasteiger charge is -2.31. The number of nitrogens with zero attached hydrogens (tertiary/aromatic N) is 1. The zero-order valence-electron chi connectivity index (χ0n) is 13.3. The molecule has 118 valence electrons. The van der Waals surface area contributed by atoms with Gasteiger partial charge in [-0.3, -0.25) is 4.90 Å². The molecule has 2 N–H and O–H groups in total. The molecule has 0 aliphatic heterocycles. The van der Waals surface area contributed by atoms with Crippen molar-refractivity contribution < 1.29 is 9.47 Å². The molecule has 2 rings (SSSR count). The van der Waals surface area contributed by atoms with Crippen LogP contribution in [0.2, 0.25) is 0 Å². The number of methoxy groups -OCH3 is 2. The quantitative estimate of drug-likeness (QED) is 0.718. The predicted octanol–water partition coefficient (Wildman–Crippen LogP) is 2.16. The molecule has 0 amide bonds. The lowest BCUT2D eigenvalue weighted by molar-refractivity contribution is 0.0891. The van der Waals surface area contributed by atoms with E-state index in [-0.39, 0.29) is 6.04 Å². The first kappa shape index (κ1) is 16.4. The smallest absolute Gasteiger partial charge is 0.0589 e. The van der Waals surface area contributed by atoms with Gasteiger partial charge in [0.15, 0.2) is 0 Å². The molecule has 0 heterocycles. The molecule has 1 aromatic carbocycles. The van der Waals surface area contributed by atoms with Gasteiger partial charge in [0.1, 0.15) is 0 Å². The van der Waals surface area contributed by atoms with Crippen LogP contribution in [0.3, 0.4) is 0 Å². The molecule has 0 radical (unpaired) electrons. The molecule has 0 spiro atoms. The molecule has 1 aliphatic carbocycles. The summed E-state index contributed by atoms with van der Waals surface area (Å²) >= 11 is 0. The molecule has 1 unspecified atom stereocenters. The van der Waals surface area contributed by atoms with Crippen LogP contribution in [0.1, 0.15) is 35.9 Å². The van der Waals surface area contributed by atoms with Crippen LogP contribution in [0.4, 0.5) is 0 Å². The van der Waals surface area contributed by atoms with Crippen molar-refractivity contribution in [3.63, 3.8) is 0 Å². The van der Waals surface area contributed by atoms with Crippen molar-refractivity contribution in [3.05, 3.63) is 35.4 Å². The molecule has 0 bridgehead atoms. The summed E-state index contributed by atoms with van der Waals surface area (Å²) in [5.41, 5.74) is 8.84. The second-order valence-electron chi connectivity index (χ2n) is 5.72. The molecular formula is C17H28N2O2. The van der Waals surface area contributed by atoms with Gasteiger partial charge in [-0.1, -0.05) is 24.3 Å². The van der Waals surface area contributed by atoms with Gasteiger partial charge < -0.3 is 15.2 Å². The third-order valence-electron chi connectivity index (χ3n) is 4.17. The van der Waals surface area contributed by atoms with Crippen LogP contribution in [-0.2, 0) is 9.47 Å². The van der Waals surface area contributed by atoms with E-state index in [9.17, 15) is 0 Å². The fourth-order valence-electron chi connectivity index (χ4n) is 2.77. The summed E-state index contributed by atoms with van der Waals surface area (Å²) in [5, 5.41) is 0. The molecule has 0 saturated heterocycles. The van der Waals surface area contributed by atoms with Crippen molar-refractivity contribution in [3.8, 4) is 0 Å². The fraction of sp³-hybridized carbons (Fsp3) is 0.647. The number of hydrogen-bond acceptors (Lipinski definition) is 4. The molecule has 1 aromatic rings. The van der Waals surface area contributed by atoms with E-state index in [1.807, 2.05) is 0 Å². The second kappa shape index (κ2) is 8.49. The third-order valence-corrected chi connectivity index (χ3v) is 4.17. The van der Waals surface area contributed by atoms with Gasteiger partial charge in [0.25, 0.3) is 0 Å². The summed E-state index contributed by atoms with van der Waals surface area (Å²) in [6.45, 7) is 3.78. The van der Waals surface area contributed by atoms with E-state index in [2.05, 4.69) is 29.2 Å². The van der Waals surface area contributed by atoms with E-state index < -0.39 is 0 Å². The van der Waals surface area contributed by atoms with Gasteiger partial charge in [0.2, 0.25) is 0 Å². The normalized spacial score (nSPS) is 16.4. The summed E-state index contributed by atoms with van der Waals surface area (Å²) < 4.78 is 10.5. The van der Waals surface area contributed by atoms with Crippen molar-refractivity contribution in [1.82, 2.24) is 4.90 Å². The number of rotatable bonds is 10.